The van der Waals surface area contributed by atoms with Crippen molar-refractivity contribution in [3.05, 3.63) is 17.0 Å². The minimum Gasteiger partial charge on any atom is -0.458 e. The normalized spacial score (nSPS) is 27.1. The molecule has 16 heavy (non-hydrogen) atoms. The Kier molecular flexibility index (Phi) is 2.79. The van der Waals surface area contributed by atoms with E-state index in [1.54, 1.807) is 18.4 Å². The van der Waals surface area contributed by atoms with Crippen LogP contribution in [0.1, 0.15) is 31.9 Å². The van der Waals surface area contributed by atoms with Crippen LogP contribution in [0.5, 0.6) is 0 Å². The molecule has 0 fully saturated rings. The lowest BCUT2D eigenvalue weighted by atomic mass is 10.1. The van der Waals surface area contributed by atoms with E-state index in [9.17, 15) is 13.2 Å². The summed E-state index contributed by atoms with van der Waals surface area (Å²) in [5.41, 5.74) is 0.623. The molecule has 0 N–H and O–H groups in total. The summed E-state index contributed by atoms with van der Waals surface area (Å²) in [6.07, 6.45) is -0.0803. The van der Waals surface area contributed by atoms with Crippen LogP contribution >= 0.6 is 11.3 Å². The first kappa shape index (κ1) is 11.6. The van der Waals surface area contributed by atoms with E-state index in [4.69, 9.17) is 4.74 Å². The van der Waals surface area contributed by atoms with Crippen LogP contribution in [0.25, 0.3) is 0 Å². The summed E-state index contributed by atoms with van der Waals surface area (Å²) in [7, 11) is -3.22. The van der Waals surface area contributed by atoms with Gasteiger partial charge in [-0.15, -0.1) is 11.3 Å². The second kappa shape index (κ2) is 3.85. The van der Waals surface area contributed by atoms with Gasteiger partial charge in [0.25, 0.3) is 0 Å². The highest BCUT2D eigenvalue weighted by molar-refractivity contribution is 7.94. The lowest BCUT2D eigenvalue weighted by Crippen LogP contribution is -2.28. The Bertz CT molecular complexity index is 515. The van der Waals surface area contributed by atoms with Crippen LogP contribution in [0.2, 0.25) is 0 Å². The summed E-state index contributed by atoms with van der Waals surface area (Å²) in [6.45, 7) is 2.98. The van der Waals surface area contributed by atoms with Crippen LogP contribution in [0, 0.1) is 0 Å². The van der Waals surface area contributed by atoms with Gasteiger partial charge in [-0.2, -0.15) is 0 Å². The molecule has 0 radical (unpaired) electrons. The molecular weight excluding hydrogens is 248 g/mol. The smallest absolute Gasteiger partial charge is 0.303 e. The van der Waals surface area contributed by atoms with Crippen LogP contribution in [0.15, 0.2) is 15.7 Å². The summed E-state index contributed by atoms with van der Waals surface area (Å²) < 4.78 is 29.4. The zero-order valence-electron chi connectivity index (χ0n) is 8.97. The molecule has 1 aromatic rings. The van der Waals surface area contributed by atoms with Crippen LogP contribution in [-0.4, -0.2) is 19.6 Å². The molecule has 0 saturated carbocycles. The van der Waals surface area contributed by atoms with E-state index in [1.165, 1.54) is 18.3 Å². The minimum atomic E-state index is -3.22. The molecule has 2 rings (SSSR count). The first-order valence-corrected chi connectivity index (χ1v) is 7.34. The predicted octanol–water partition coefficient (Wildman–Crippen LogP) is 1.92. The second-order valence-corrected chi connectivity index (χ2v) is 7.33. The van der Waals surface area contributed by atoms with E-state index in [-0.39, 0.29) is 5.97 Å². The second-order valence-electron chi connectivity index (χ2n) is 3.85. The number of carbonyl (C=O) groups is 1. The molecule has 0 bridgehead atoms. The van der Waals surface area contributed by atoms with E-state index < -0.39 is 21.2 Å². The van der Waals surface area contributed by atoms with Crippen molar-refractivity contribution in [3.8, 4) is 0 Å². The van der Waals surface area contributed by atoms with Crippen molar-refractivity contribution in [1.29, 1.82) is 0 Å². The van der Waals surface area contributed by atoms with Crippen LogP contribution in [0.3, 0.4) is 0 Å². The maximum atomic E-state index is 12.0. The molecule has 1 aliphatic rings. The number of rotatable bonds is 1. The summed E-state index contributed by atoms with van der Waals surface area (Å²) in [5, 5.41) is 1.22. The fourth-order valence-corrected chi connectivity index (χ4v) is 5.02. The highest BCUT2D eigenvalue weighted by atomic mass is 32.2. The van der Waals surface area contributed by atoms with Gasteiger partial charge in [0.15, 0.2) is 9.84 Å². The molecule has 2 heterocycles. The number of carbonyl (C=O) groups excluding carboxylic acids is 1. The molecule has 1 aromatic heterocycles. The molecule has 6 heteroatoms. The van der Waals surface area contributed by atoms with Crippen molar-refractivity contribution in [2.45, 2.75) is 35.8 Å². The topological polar surface area (TPSA) is 60.4 Å². The van der Waals surface area contributed by atoms with Crippen LogP contribution in [0.4, 0.5) is 0 Å². The zero-order valence-corrected chi connectivity index (χ0v) is 10.6. The van der Waals surface area contributed by atoms with Gasteiger partial charge >= 0.3 is 5.97 Å². The largest absolute Gasteiger partial charge is 0.458 e. The molecule has 0 unspecified atom stereocenters. The van der Waals surface area contributed by atoms with Gasteiger partial charge in [0.1, 0.15) is 10.3 Å². The lowest BCUT2D eigenvalue weighted by Gasteiger charge is -2.26. The average Bonchev–Trinajstić information content (AvgIpc) is 2.62. The van der Waals surface area contributed by atoms with Gasteiger partial charge in [-0.3, -0.25) is 4.79 Å². The van der Waals surface area contributed by atoms with Gasteiger partial charge in [0.05, 0.1) is 5.25 Å². The Labute approximate surface area is 98.2 Å². The molecule has 4 nitrogen and oxygen atoms in total. The van der Waals surface area contributed by atoms with E-state index in [1.807, 2.05) is 0 Å². The molecule has 88 valence electrons. The van der Waals surface area contributed by atoms with Crippen molar-refractivity contribution in [3.63, 3.8) is 0 Å². The number of hydrogen-bond acceptors (Lipinski definition) is 5. The minimum absolute atomic E-state index is 0.339. The summed E-state index contributed by atoms with van der Waals surface area (Å²) in [4.78, 5) is 10.9. The van der Waals surface area contributed by atoms with Crippen molar-refractivity contribution < 1.29 is 17.9 Å². The first-order valence-electron chi connectivity index (χ1n) is 4.91. The quantitative estimate of drug-likeness (QED) is 0.724. The van der Waals surface area contributed by atoms with Crippen molar-refractivity contribution in [1.82, 2.24) is 0 Å². The lowest BCUT2D eigenvalue weighted by molar-refractivity contribution is -0.147. The molecule has 1 aliphatic heterocycles. The Balaban J connectivity index is 2.46. The van der Waals surface area contributed by atoms with Crippen molar-refractivity contribution >= 4 is 27.1 Å². The number of hydrogen-bond donors (Lipinski definition) is 0. The molecule has 0 amide bonds. The summed E-state index contributed by atoms with van der Waals surface area (Å²) in [6, 6.07) is 1.72. The number of fused-ring (bicyclic) bond motifs is 1. The Hall–Kier alpha value is -0.880. The molecule has 0 aliphatic carbocycles. The van der Waals surface area contributed by atoms with E-state index >= 15 is 0 Å². The number of thiophene rings is 1. The van der Waals surface area contributed by atoms with Gasteiger partial charge in [0, 0.05) is 18.9 Å². The van der Waals surface area contributed by atoms with Gasteiger partial charge in [-0.1, -0.05) is 0 Å². The van der Waals surface area contributed by atoms with Gasteiger partial charge in [-0.05, 0) is 18.4 Å². The molecule has 2 atom stereocenters. The van der Waals surface area contributed by atoms with Gasteiger partial charge < -0.3 is 4.74 Å². The third-order valence-electron chi connectivity index (χ3n) is 2.65. The van der Waals surface area contributed by atoms with Gasteiger partial charge in [-0.25, -0.2) is 8.42 Å². The van der Waals surface area contributed by atoms with E-state index in [2.05, 4.69) is 0 Å². The number of ether oxygens (including phenoxy) is 1. The Morgan fingerprint density at radius 3 is 2.88 bits per heavy atom. The van der Waals surface area contributed by atoms with Crippen LogP contribution in [-0.2, 0) is 19.4 Å². The van der Waals surface area contributed by atoms with E-state index in [0.717, 1.165) is 0 Å². The van der Waals surface area contributed by atoms with Gasteiger partial charge in [0.2, 0.25) is 0 Å². The SMILES string of the molecule is CC(=O)O[C@H]1C[C@H](C)S(=O)(=O)c2sccc21. The molecule has 0 spiro atoms. The first-order chi connectivity index (χ1) is 7.43. The molecule has 0 saturated heterocycles. The van der Waals surface area contributed by atoms with Crippen LogP contribution < -0.4 is 0 Å². The average molecular weight is 260 g/mol. The fraction of sp³-hybridized carbons (Fsp3) is 0.500. The zero-order chi connectivity index (χ0) is 11.9. The third kappa shape index (κ3) is 1.76. The molecule has 0 aromatic carbocycles. The number of esters is 1. The highest BCUT2D eigenvalue weighted by Crippen LogP contribution is 2.41. The molecular formula is C10H12O4S2. The standard InChI is InChI=1S/C10H12O4S2/c1-6-5-9(14-7(2)11)8-3-4-15-10(8)16(6,12)13/h3-4,6,9H,5H2,1-2H3/t6-,9-/m0/s1. The summed E-state index contributed by atoms with van der Waals surface area (Å²) >= 11 is 1.19. The van der Waals surface area contributed by atoms with Crippen molar-refractivity contribution in [2.75, 3.05) is 0 Å². The van der Waals surface area contributed by atoms with Crippen molar-refractivity contribution in [2.24, 2.45) is 0 Å². The highest BCUT2D eigenvalue weighted by Gasteiger charge is 2.38. The number of sulfone groups is 1. The summed E-state index contributed by atoms with van der Waals surface area (Å²) in [5.74, 6) is -0.381. The Morgan fingerprint density at radius 2 is 2.25 bits per heavy atom. The third-order valence-corrected chi connectivity index (χ3v) is 6.36. The fourth-order valence-electron chi connectivity index (χ4n) is 1.83. The maximum Gasteiger partial charge on any atom is 0.303 e. The maximum absolute atomic E-state index is 12.0. The Morgan fingerprint density at radius 1 is 1.56 bits per heavy atom. The monoisotopic (exact) mass is 260 g/mol. The van der Waals surface area contributed by atoms with E-state index in [0.29, 0.717) is 16.2 Å². The predicted molar refractivity (Wildman–Crippen MR) is 60.1 cm³/mol.